The highest BCUT2D eigenvalue weighted by Gasteiger charge is 2.25. The maximum absolute atomic E-state index is 13.2. The Morgan fingerprint density at radius 2 is 2.08 bits per heavy atom. The second-order valence-electron chi connectivity index (χ2n) is 8.91. The maximum Gasteiger partial charge on any atom is 0.303 e. The summed E-state index contributed by atoms with van der Waals surface area (Å²) in [4.78, 5) is 39.3. The Bertz CT molecular complexity index is 1460. The number of aliphatic carboxylic acids is 1. The highest BCUT2D eigenvalue weighted by Crippen LogP contribution is 2.34. The normalized spacial score (nSPS) is 15.5. The SMILES string of the molecule is Cc1cc(-c2nc(C(=O)Nc3cc4c(cc3N3CC[C@@H](O)C3)nc(CCC(=O)O)n4C)co2)ccn1. The molecule has 4 aromatic rings. The predicted octanol–water partition coefficient (Wildman–Crippen LogP) is 2.77. The number of carboxylic acid groups (broad SMARTS) is 1. The Balaban J connectivity index is 1.48. The summed E-state index contributed by atoms with van der Waals surface area (Å²) < 4.78 is 7.37. The van der Waals surface area contributed by atoms with Gasteiger partial charge in [-0.3, -0.25) is 14.6 Å². The Labute approximate surface area is 206 Å². The quantitative estimate of drug-likeness (QED) is 0.356. The number of carbonyl (C=O) groups is 2. The molecular weight excluding hydrogens is 464 g/mol. The smallest absolute Gasteiger partial charge is 0.303 e. The molecule has 0 radical (unpaired) electrons. The van der Waals surface area contributed by atoms with E-state index < -0.39 is 18.0 Å². The van der Waals surface area contributed by atoms with Crippen LogP contribution in [0.2, 0.25) is 0 Å². The zero-order chi connectivity index (χ0) is 25.4. The molecule has 0 saturated carbocycles. The van der Waals surface area contributed by atoms with Crippen LogP contribution in [0.4, 0.5) is 11.4 Å². The molecule has 11 nitrogen and oxygen atoms in total. The van der Waals surface area contributed by atoms with Gasteiger partial charge in [0.25, 0.3) is 5.91 Å². The van der Waals surface area contributed by atoms with E-state index >= 15 is 0 Å². The third kappa shape index (κ3) is 4.65. The minimum Gasteiger partial charge on any atom is -0.481 e. The fourth-order valence-corrected chi connectivity index (χ4v) is 4.42. The number of aliphatic hydroxyl groups excluding tert-OH is 1. The maximum atomic E-state index is 13.2. The Morgan fingerprint density at radius 3 is 2.81 bits per heavy atom. The van der Waals surface area contributed by atoms with E-state index in [0.717, 1.165) is 22.5 Å². The standard InChI is InChI=1S/C25H26N6O5/c1-14-9-15(5-7-26-14)25-29-19(13-36-25)24(35)28-18-10-20-17(11-21(18)31-8-6-16(32)12-31)27-22(30(20)2)3-4-23(33)34/h5,7,9-11,13,16,32H,3-4,6,8,12H2,1-2H3,(H,28,35)(H,33,34)/t16-/m1/s1. The van der Waals surface area contributed by atoms with Crippen molar-refractivity contribution in [3.63, 3.8) is 0 Å². The molecule has 36 heavy (non-hydrogen) atoms. The van der Waals surface area contributed by atoms with Gasteiger partial charge in [-0.1, -0.05) is 0 Å². The van der Waals surface area contributed by atoms with Gasteiger partial charge >= 0.3 is 5.97 Å². The average Bonchev–Trinajstić information content (AvgIpc) is 3.57. The Kier molecular flexibility index (Phi) is 6.15. The van der Waals surface area contributed by atoms with Crippen LogP contribution in [-0.2, 0) is 18.3 Å². The number of aromatic nitrogens is 4. The van der Waals surface area contributed by atoms with Gasteiger partial charge < -0.3 is 29.4 Å². The number of benzene rings is 1. The molecule has 0 spiro atoms. The van der Waals surface area contributed by atoms with Crippen LogP contribution in [-0.4, -0.2) is 60.8 Å². The summed E-state index contributed by atoms with van der Waals surface area (Å²) in [5, 5.41) is 22.1. The highest BCUT2D eigenvalue weighted by molar-refractivity contribution is 6.06. The topological polar surface area (TPSA) is 147 Å². The van der Waals surface area contributed by atoms with E-state index in [1.807, 2.05) is 41.6 Å². The molecule has 0 aliphatic carbocycles. The number of hydrogen-bond acceptors (Lipinski definition) is 8. The summed E-state index contributed by atoms with van der Waals surface area (Å²) in [6, 6.07) is 7.26. The summed E-state index contributed by atoms with van der Waals surface area (Å²) >= 11 is 0. The predicted molar refractivity (Wildman–Crippen MR) is 132 cm³/mol. The van der Waals surface area contributed by atoms with Gasteiger partial charge in [-0.2, -0.15) is 0 Å². The lowest BCUT2D eigenvalue weighted by Crippen LogP contribution is -2.23. The molecule has 0 unspecified atom stereocenters. The Hall–Kier alpha value is -4.25. The summed E-state index contributed by atoms with van der Waals surface area (Å²) in [5.41, 5.74) is 4.35. The fraction of sp³-hybridized carbons (Fsp3) is 0.320. The van der Waals surface area contributed by atoms with Crippen LogP contribution in [0.3, 0.4) is 0 Å². The van der Waals surface area contributed by atoms with Gasteiger partial charge in [-0.15, -0.1) is 0 Å². The Morgan fingerprint density at radius 1 is 1.25 bits per heavy atom. The first-order chi connectivity index (χ1) is 17.3. The average molecular weight is 491 g/mol. The summed E-state index contributed by atoms with van der Waals surface area (Å²) in [7, 11) is 1.82. The molecule has 1 fully saturated rings. The zero-order valence-electron chi connectivity index (χ0n) is 19.9. The first-order valence-electron chi connectivity index (χ1n) is 11.6. The molecule has 11 heteroatoms. The number of carboxylic acids is 1. The minimum absolute atomic E-state index is 0.0303. The summed E-state index contributed by atoms with van der Waals surface area (Å²) in [6.45, 7) is 2.92. The number of amides is 1. The van der Waals surface area contributed by atoms with Crippen molar-refractivity contribution < 1.29 is 24.2 Å². The molecule has 4 heterocycles. The van der Waals surface area contributed by atoms with Gasteiger partial charge in [0, 0.05) is 44.0 Å². The second kappa shape index (κ2) is 9.42. The van der Waals surface area contributed by atoms with Gasteiger partial charge in [0.2, 0.25) is 5.89 Å². The number of nitrogens with one attached hydrogen (secondary N) is 1. The van der Waals surface area contributed by atoms with Crippen molar-refractivity contribution in [3.8, 4) is 11.5 Å². The number of β-amino-alcohol motifs (C(OH)–C–C–N with tert-alkyl or cyclic N) is 1. The molecule has 3 N–H and O–H groups in total. The van der Waals surface area contributed by atoms with Crippen LogP contribution in [0.1, 0.15) is 34.8 Å². The third-order valence-corrected chi connectivity index (χ3v) is 6.29. The number of pyridine rings is 1. The number of aliphatic hydroxyl groups is 1. The number of nitrogens with zero attached hydrogens (tertiary/aromatic N) is 5. The first-order valence-corrected chi connectivity index (χ1v) is 11.6. The van der Waals surface area contributed by atoms with Crippen LogP contribution in [0.15, 0.2) is 41.1 Å². The van der Waals surface area contributed by atoms with Crippen molar-refractivity contribution in [1.29, 1.82) is 0 Å². The number of anilines is 2. The molecule has 1 aliphatic heterocycles. The second-order valence-corrected chi connectivity index (χ2v) is 8.91. The molecule has 1 saturated heterocycles. The molecule has 1 aromatic carbocycles. The van der Waals surface area contributed by atoms with E-state index in [1.54, 1.807) is 12.3 Å². The van der Waals surface area contributed by atoms with Crippen LogP contribution in [0.25, 0.3) is 22.5 Å². The van der Waals surface area contributed by atoms with Crippen LogP contribution in [0, 0.1) is 6.92 Å². The summed E-state index contributed by atoms with van der Waals surface area (Å²) in [5.74, 6) is -0.379. The van der Waals surface area contributed by atoms with Gasteiger partial charge in [0.05, 0.1) is 34.9 Å². The lowest BCUT2D eigenvalue weighted by atomic mass is 10.2. The first kappa shape index (κ1) is 23.5. The summed E-state index contributed by atoms with van der Waals surface area (Å²) in [6.07, 6.45) is 3.38. The monoisotopic (exact) mass is 490 g/mol. The van der Waals surface area contributed by atoms with Crippen molar-refractivity contribution in [1.82, 2.24) is 19.5 Å². The van der Waals surface area contributed by atoms with Crippen LogP contribution in [0.5, 0.6) is 0 Å². The van der Waals surface area contributed by atoms with Crippen molar-refractivity contribution >= 4 is 34.3 Å². The fourth-order valence-electron chi connectivity index (χ4n) is 4.42. The zero-order valence-corrected chi connectivity index (χ0v) is 19.9. The number of fused-ring (bicyclic) bond motifs is 1. The number of imidazole rings is 1. The van der Waals surface area contributed by atoms with E-state index in [9.17, 15) is 14.7 Å². The van der Waals surface area contributed by atoms with Gasteiger partial charge in [-0.05, 0) is 37.6 Å². The molecule has 1 amide bonds. The van der Waals surface area contributed by atoms with Crippen molar-refractivity contribution in [2.75, 3.05) is 23.3 Å². The van der Waals surface area contributed by atoms with E-state index in [4.69, 9.17) is 9.52 Å². The van der Waals surface area contributed by atoms with Gasteiger partial charge in [-0.25, -0.2) is 9.97 Å². The molecule has 186 valence electrons. The van der Waals surface area contributed by atoms with E-state index in [0.29, 0.717) is 42.4 Å². The highest BCUT2D eigenvalue weighted by atomic mass is 16.4. The molecule has 1 atom stereocenters. The van der Waals surface area contributed by atoms with Crippen LogP contribution >= 0.6 is 0 Å². The van der Waals surface area contributed by atoms with E-state index in [-0.39, 0.29) is 18.5 Å². The molecule has 1 aliphatic rings. The van der Waals surface area contributed by atoms with Crippen molar-refractivity contribution in [2.45, 2.75) is 32.3 Å². The number of aryl methyl sites for hydroxylation is 3. The molecular formula is C25H26N6O5. The largest absolute Gasteiger partial charge is 0.481 e. The molecule has 3 aromatic heterocycles. The number of carbonyl (C=O) groups excluding carboxylic acids is 1. The van der Waals surface area contributed by atoms with Gasteiger partial charge in [0.1, 0.15) is 12.1 Å². The van der Waals surface area contributed by atoms with Crippen molar-refractivity contribution in [2.24, 2.45) is 7.05 Å². The number of hydrogen-bond donors (Lipinski definition) is 3. The number of rotatable bonds is 7. The van der Waals surface area contributed by atoms with Crippen LogP contribution < -0.4 is 10.2 Å². The number of oxazole rings is 1. The van der Waals surface area contributed by atoms with E-state index in [2.05, 4.69) is 20.3 Å². The minimum atomic E-state index is -0.893. The van der Waals surface area contributed by atoms with Gasteiger partial charge in [0.15, 0.2) is 5.69 Å². The molecule has 5 rings (SSSR count). The molecule has 0 bridgehead atoms. The van der Waals surface area contributed by atoms with Crippen molar-refractivity contribution in [3.05, 3.63) is 53.9 Å². The lowest BCUT2D eigenvalue weighted by Gasteiger charge is -2.22. The third-order valence-electron chi connectivity index (χ3n) is 6.29. The van der Waals surface area contributed by atoms with E-state index in [1.165, 1.54) is 6.26 Å². The lowest BCUT2D eigenvalue weighted by molar-refractivity contribution is -0.137.